The molecule has 2 N–H and O–H groups in total. The van der Waals surface area contributed by atoms with Gasteiger partial charge in [0.2, 0.25) is 5.91 Å². The van der Waals surface area contributed by atoms with Crippen LogP contribution in [0.5, 0.6) is 5.75 Å². The average molecular weight is 354 g/mol. The van der Waals surface area contributed by atoms with E-state index in [1.807, 2.05) is 31.2 Å². The van der Waals surface area contributed by atoms with E-state index in [1.54, 1.807) is 7.11 Å². The highest BCUT2D eigenvalue weighted by molar-refractivity contribution is 7.16. The molecule has 1 aromatic carbocycles. The van der Waals surface area contributed by atoms with E-state index in [1.165, 1.54) is 11.3 Å². The predicted molar refractivity (Wildman–Crippen MR) is 95.7 cm³/mol. The third-order valence-corrected chi connectivity index (χ3v) is 4.71. The topological polar surface area (TPSA) is 63.2 Å². The molecule has 3 rings (SSSR count). The minimum Gasteiger partial charge on any atom is -0.497 e. The summed E-state index contributed by atoms with van der Waals surface area (Å²) in [5.74, 6) is 0.924. The number of hydrogen-bond acceptors (Lipinski definition) is 5. The van der Waals surface area contributed by atoms with Crippen molar-refractivity contribution in [2.75, 3.05) is 25.5 Å². The van der Waals surface area contributed by atoms with Crippen LogP contribution in [0.3, 0.4) is 0 Å². The molecular formula is C16H20ClN3O2S. The van der Waals surface area contributed by atoms with E-state index in [9.17, 15) is 4.79 Å². The third kappa shape index (κ3) is 4.02. The zero-order valence-electron chi connectivity index (χ0n) is 13.1. The van der Waals surface area contributed by atoms with Gasteiger partial charge in [-0.25, -0.2) is 4.98 Å². The molecule has 2 heterocycles. The van der Waals surface area contributed by atoms with Crippen LogP contribution in [-0.4, -0.2) is 31.1 Å². The fraction of sp³-hybridized carbons (Fsp3) is 0.375. The molecule has 124 valence electrons. The summed E-state index contributed by atoms with van der Waals surface area (Å²) in [6.45, 7) is 3.68. The molecule has 1 atom stereocenters. The van der Waals surface area contributed by atoms with Crippen molar-refractivity contribution in [2.24, 2.45) is 5.92 Å². The molecule has 1 aliphatic rings. The fourth-order valence-corrected chi connectivity index (χ4v) is 3.39. The lowest BCUT2D eigenvalue weighted by Gasteiger charge is -2.06. The van der Waals surface area contributed by atoms with Crippen molar-refractivity contribution in [1.29, 1.82) is 0 Å². The molecule has 2 aromatic rings. The van der Waals surface area contributed by atoms with Crippen LogP contribution in [0.4, 0.5) is 5.13 Å². The first-order valence-electron chi connectivity index (χ1n) is 7.31. The number of methoxy groups -OCH3 is 1. The molecule has 1 amide bonds. The smallest absolute Gasteiger partial charge is 0.230 e. The van der Waals surface area contributed by atoms with Crippen molar-refractivity contribution in [1.82, 2.24) is 10.3 Å². The molecule has 1 saturated heterocycles. The number of aryl methyl sites for hydroxylation is 1. The first kappa shape index (κ1) is 17.7. The van der Waals surface area contributed by atoms with Gasteiger partial charge in [-0.15, -0.1) is 23.7 Å². The van der Waals surface area contributed by atoms with Gasteiger partial charge in [0.1, 0.15) is 5.75 Å². The van der Waals surface area contributed by atoms with Crippen LogP contribution in [0.25, 0.3) is 11.3 Å². The number of amides is 1. The Kier molecular flexibility index (Phi) is 5.98. The zero-order valence-corrected chi connectivity index (χ0v) is 14.7. The van der Waals surface area contributed by atoms with Crippen LogP contribution in [0, 0.1) is 12.8 Å². The molecule has 7 heteroatoms. The second-order valence-electron chi connectivity index (χ2n) is 5.33. The quantitative estimate of drug-likeness (QED) is 0.886. The van der Waals surface area contributed by atoms with Crippen LogP contribution in [0.2, 0.25) is 0 Å². The van der Waals surface area contributed by atoms with Crippen LogP contribution in [0.1, 0.15) is 11.3 Å². The summed E-state index contributed by atoms with van der Waals surface area (Å²) in [5.41, 5.74) is 1.94. The summed E-state index contributed by atoms with van der Waals surface area (Å²) < 4.78 is 5.17. The van der Waals surface area contributed by atoms with Crippen LogP contribution in [-0.2, 0) is 4.79 Å². The predicted octanol–water partition coefficient (Wildman–Crippen LogP) is 3.10. The van der Waals surface area contributed by atoms with E-state index < -0.39 is 0 Å². The van der Waals surface area contributed by atoms with E-state index in [0.29, 0.717) is 5.13 Å². The number of nitrogens with one attached hydrogen (secondary N) is 2. The van der Waals surface area contributed by atoms with Gasteiger partial charge in [0.15, 0.2) is 5.13 Å². The van der Waals surface area contributed by atoms with E-state index in [2.05, 4.69) is 15.6 Å². The second kappa shape index (κ2) is 7.77. The number of anilines is 1. The first-order valence-corrected chi connectivity index (χ1v) is 8.12. The molecule has 1 unspecified atom stereocenters. The van der Waals surface area contributed by atoms with Crippen molar-refractivity contribution in [2.45, 2.75) is 13.3 Å². The molecule has 5 nitrogen and oxygen atoms in total. The van der Waals surface area contributed by atoms with Crippen LogP contribution < -0.4 is 15.4 Å². The summed E-state index contributed by atoms with van der Waals surface area (Å²) in [7, 11) is 1.65. The number of benzene rings is 1. The van der Waals surface area contributed by atoms with E-state index in [4.69, 9.17) is 4.74 Å². The SMILES string of the molecule is COc1ccc(-c2nc(NC(=O)C3CCNC3)sc2C)cc1.Cl. The molecule has 0 bridgehead atoms. The fourth-order valence-electron chi connectivity index (χ4n) is 2.55. The highest BCUT2D eigenvalue weighted by atomic mass is 35.5. The van der Waals surface area contributed by atoms with Gasteiger partial charge in [0.05, 0.1) is 18.7 Å². The van der Waals surface area contributed by atoms with E-state index in [0.717, 1.165) is 41.4 Å². The van der Waals surface area contributed by atoms with Gasteiger partial charge in [-0.2, -0.15) is 0 Å². The van der Waals surface area contributed by atoms with Crippen molar-refractivity contribution in [3.8, 4) is 17.0 Å². The van der Waals surface area contributed by atoms with Crippen molar-refractivity contribution in [3.63, 3.8) is 0 Å². The molecule has 0 radical (unpaired) electrons. The summed E-state index contributed by atoms with van der Waals surface area (Å²) >= 11 is 1.51. The second-order valence-corrected chi connectivity index (χ2v) is 6.53. The monoisotopic (exact) mass is 353 g/mol. The lowest BCUT2D eigenvalue weighted by atomic mass is 10.1. The van der Waals surface area contributed by atoms with Gasteiger partial charge in [-0.3, -0.25) is 4.79 Å². The van der Waals surface area contributed by atoms with Gasteiger partial charge in [-0.05, 0) is 44.2 Å². The molecule has 0 saturated carbocycles. The number of carbonyl (C=O) groups is 1. The number of thiazole rings is 1. The Morgan fingerprint density at radius 3 is 2.74 bits per heavy atom. The van der Waals surface area contributed by atoms with Crippen LogP contribution >= 0.6 is 23.7 Å². The van der Waals surface area contributed by atoms with Gasteiger partial charge in [0, 0.05) is 17.0 Å². The minimum absolute atomic E-state index is 0. The van der Waals surface area contributed by atoms with Gasteiger partial charge < -0.3 is 15.4 Å². The van der Waals surface area contributed by atoms with Crippen molar-refractivity contribution < 1.29 is 9.53 Å². The van der Waals surface area contributed by atoms with E-state index >= 15 is 0 Å². The van der Waals surface area contributed by atoms with Gasteiger partial charge >= 0.3 is 0 Å². The van der Waals surface area contributed by atoms with Gasteiger partial charge in [-0.1, -0.05) is 0 Å². The van der Waals surface area contributed by atoms with Gasteiger partial charge in [0.25, 0.3) is 0 Å². The van der Waals surface area contributed by atoms with Crippen LogP contribution in [0.15, 0.2) is 24.3 Å². The molecule has 0 spiro atoms. The first-order chi connectivity index (χ1) is 10.7. The number of nitrogens with zero attached hydrogens (tertiary/aromatic N) is 1. The number of rotatable bonds is 4. The number of halogens is 1. The number of aromatic nitrogens is 1. The largest absolute Gasteiger partial charge is 0.497 e. The summed E-state index contributed by atoms with van der Waals surface area (Å²) in [4.78, 5) is 17.8. The Bertz CT molecular complexity index is 666. The third-order valence-electron chi connectivity index (χ3n) is 3.82. The summed E-state index contributed by atoms with van der Waals surface area (Å²) in [6.07, 6.45) is 0.890. The number of hydrogen-bond donors (Lipinski definition) is 2. The molecule has 23 heavy (non-hydrogen) atoms. The Morgan fingerprint density at radius 1 is 1.39 bits per heavy atom. The maximum absolute atomic E-state index is 12.2. The normalized spacial score (nSPS) is 16.7. The van der Waals surface area contributed by atoms with E-state index in [-0.39, 0.29) is 24.2 Å². The zero-order chi connectivity index (χ0) is 15.5. The lowest BCUT2D eigenvalue weighted by Crippen LogP contribution is -2.24. The molecular weight excluding hydrogens is 334 g/mol. The molecule has 1 aliphatic heterocycles. The Balaban J connectivity index is 0.00000192. The Labute approximate surface area is 145 Å². The standard InChI is InChI=1S/C16H19N3O2S.ClH/c1-10-14(11-3-5-13(21-2)6-4-11)18-16(22-10)19-15(20)12-7-8-17-9-12;/h3-6,12,17H,7-9H2,1-2H3,(H,18,19,20);1H. The van der Waals surface area contributed by atoms with Crippen molar-refractivity contribution >= 4 is 34.8 Å². The maximum Gasteiger partial charge on any atom is 0.230 e. The number of carbonyl (C=O) groups excluding carboxylic acids is 1. The summed E-state index contributed by atoms with van der Waals surface area (Å²) in [5, 5.41) is 6.81. The Morgan fingerprint density at radius 2 is 2.13 bits per heavy atom. The molecule has 1 aromatic heterocycles. The highest BCUT2D eigenvalue weighted by Crippen LogP contribution is 2.31. The number of ether oxygens (including phenoxy) is 1. The average Bonchev–Trinajstić information content (AvgIpc) is 3.17. The lowest BCUT2D eigenvalue weighted by molar-refractivity contribution is -0.119. The maximum atomic E-state index is 12.2. The van der Waals surface area contributed by atoms with Crippen molar-refractivity contribution in [3.05, 3.63) is 29.1 Å². The highest BCUT2D eigenvalue weighted by Gasteiger charge is 2.23. The molecule has 0 aliphatic carbocycles. The molecule has 1 fully saturated rings. The Hall–Kier alpha value is -1.63. The minimum atomic E-state index is 0. The summed E-state index contributed by atoms with van der Waals surface area (Å²) in [6, 6.07) is 7.79.